The van der Waals surface area contributed by atoms with Gasteiger partial charge in [-0.05, 0) is 39.8 Å². The van der Waals surface area contributed by atoms with Gasteiger partial charge in [0, 0.05) is 23.1 Å². The minimum Gasteiger partial charge on any atom is -0.464 e. The van der Waals surface area contributed by atoms with Crippen LogP contribution >= 0.6 is 0 Å². The Kier molecular flexibility index (Phi) is 9.64. The van der Waals surface area contributed by atoms with Crippen molar-refractivity contribution in [3.8, 4) is 11.3 Å². The van der Waals surface area contributed by atoms with Gasteiger partial charge in [-0.1, -0.05) is 91.0 Å². The molecule has 1 amide bonds. The lowest BCUT2D eigenvalue weighted by Gasteiger charge is -2.21. The first-order valence-corrected chi connectivity index (χ1v) is 13.6. The smallest absolute Gasteiger partial charge is 0.412 e. The van der Waals surface area contributed by atoms with Gasteiger partial charge in [0.2, 0.25) is 0 Å². The monoisotopic (exact) mass is 549 g/mol. The lowest BCUT2D eigenvalue weighted by atomic mass is 10.0. The first-order valence-electron chi connectivity index (χ1n) is 13.6. The molecule has 1 heterocycles. The highest BCUT2D eigenvalue weighted by atomic mass is 16.6. The summed E-state index contributed by atoms with van der Waals surface area (Å²) in [6.45, 7) is 7.36. The number of aliphatic imine (C=N–C) groups is 1. The molecule has 1 unspecified atom stereocenters. The normalized spacial score (nSPS) is 11.7. The van der Waals surface area contributed by atoms with Gasteiger partial charge in [0.15, 0.2) is 6.04 Å². The third-order valence-corrected chi connectivity index (χ3v) is 6.00. The van der Waals surface area contributed by atoms with Gasteiger partial charge in [0.1, 0.15) is 5.60 Å². The molecule has 1 N–H and O–H groups in total. The van der Waals surface area contributed by atoms with Crippen molar-refractivity contribution in [3.63, 3.8) is 0 Å². The first-order chi connectivity index (χ1) is 19.7. The summed E-state index contributed by atoms with van der Waals surface area (Å²) < 4.78 is 11.0. The number of rotatable bonds is 9. The number of anilines is 1. The SMILES string of the molecule is CCOC(=O)C(Cc1nc(-c2ccccc2)ccc1NC(=O)OC(C)(C)C)N=C(c1ccccc1)c1ccccc1. The summed E-state index contributed by atoms with van der Waals surface area (Å²) in [5, 5.41) is 2.81. The van der Waals surface area contributed by atoms with Gasteiger partial charge in [-0.3, -0.25) is 15.3 Å². The second-order valence-corrected chi connectivity index (χ2v) is 10.4. The number of pyridine rings is 1. The summed E-state index contributed by atoms with van der Waals surface area (Å²) in [6.07, 6.45) is -0.521. The zero-order valence-corrected chi connectivity index (χ0v) is 23.8. The quantitative estimate of drug-likeness (QED) is 0.178. The molecule has 7 nitrogen and oxygen atoms in total. The van der Waals surface area contributed by atoms with Crippen molar-refractivity contribution in [1.29, 1.82) is 0 Å². The Morgan fingerprint density at radius 1 is 0.829 bits per heavy atom. The Bertz CT molecular complexity index is 1440. The highest BCUT2D eigenvalue weighted by molar-refractivity contribution is 6.13. The number of ether oxygens (including phenoxy) is 2. The van der Waals surface area contributed by atoms with Crippen LogP contribution in [-0.4, -0.2) is 41.0 Å². The average molecular weight is 550 g/mol. The van der Waals surface area contributed by atoms with Gasteiger partial charge in [0.05, 0.1) is 29.4 Å². The van der Waals surface area contributed by atoms with Gasteiger partial charge in [-0.2, -0.15) is 0 Å². The van der Waals surface area contributed by atoms with E-state index in [2.05, 4.69) is 5.32 Å². The third kappa shape index (κ3) is 8.35. The lowest BCUT2D eigenvalue weighted by Crippen LogP contribution is -2.29. The third-order valence-electron chi connectivity index (χ3n) is 6.00. The van der Waals surface area contributed by atoms with Crippen LogP contribution in [0.1, 0.15) is 44.5 Å². The number of benzene rings is 3. The zero-order valence-electron chi connectivity index (χ0n) is 23.8. The van der Waals surface area contributed by atoms with Crippen LogP contribution in [0, 0.1) is 0 Å². The van der Waals surface area contributed by atoms with Gasteiger partial charge in [0.25, 0.3) is 0 Å². The average Bonchev–Trinajstić information content (AvgIpc) is 2.96. The van der Waals surface area contributed by atoms with Gasteiger partial charge in [-0.25, -0.2) is 9.59 Å². The molecule has 0 spiro atoms. The van der Waals surface area contributed by atoms with Crippen LogP contribution in [0.4, 0.5) is 10.5 Å². The molecule has 210 valence electrons. The molecule has 0 bridgehead atoms. The lowest BCUT2D eigenvalue weighted by molar-refractivity contribution is -0.144. The summed E-state index contributed by atoms with van der Waals surface area (Å²) in [6, 6.07) is 31.8. The fourth-order valence-corrected chi connectivity index (χ4v) is 4.22. The van der Waals surface area contributed by atoms with E-state index in [9.17, 15) is 9.59 Å². The molecular weight excluding hydrogens is 514 g/mol. The fourth-order valence-electron chi connectivity index (χ4n) is 4.22. The minimum atomic E-state index is -0.928. The largest absolute Gasteiger partial charge is 0.464 e. The number of hydrogen-bond acceptors (Lipinski definition) is 6. The molecule has 1 aromatic heterocycles. The molecule has 41 heavy (non-hydrogen) atoms. The molecule has 0 saturated heterocycles. The van der Waals surface area contributed by atoms with Gasteiger partial charge < -0.3 is 9.47 Å². The summed E-state index contributed by atoms with van der Waals surface area (Å²) >= 11 is 0. The molecule has 1 atom stereocenters. The Morgan fingerprint density at radius 3 is 1.93 bits per heavy atom. The zero-order chi connectivity index (χ0) is 29.2. The van der Waals surface area contributed by atoms with E-state index in [-0.39, 0.29) is 13.0 Å². The molecule has 0 fully saturated rings. The number of nitrogens with one attached hydrogen (secondary N) is 1. The van der Waals surface area contributed by atoms with Crippen LogP contribution in [0.15, 0.2) is 108 Å². The van der Waals surface area contributed by atoms with Crippen LogP contribution in [0.3, 0.4) is 0 Å². The molecule has 4 aromatic rings. The summed E-state index contributed by atoms with van der Waals surface area (Å²) in [5.41, 5.74) is 4.24. The van der Waals surface area contributed by atoms with Crippen molar-refractivity contribution in [1.82, 2.24) is 4.98 Å². The highest BCUT2D eigenvalue weighted by Gasteiger charge is 2.25. The van der Waals surface area contributed by atoms with E-state index in [0.29, 0.717) is 22.8 Å². The fraction of sp³-hybridized carbons (Fsp3) is 0.235. The standard InChI is InChI=1S/C34H35N3O4/c1-5-40-32(38)30(36-31(25-17-11-7-12-18-25)26-19-13-8-14-20-26)23-29-28(37-33(39)41-34(2,3)4)22-21-27(35-29)24-15-9-6-10-16-24/h6-22,30H,5,23H2,1-4H3,(H,37,39). The van der Waals surface area contributed by atoms with Crippen LogP contribution in [0.2, 0.25) is 0 Å². The van der Waals surface area contributed by atoms with E-state index >= 15 is 0 Å². The maximum Gasteiger partial charge on any atom is 0.412 e. The minimum absolute atomic E-state index is 0.0911. The van der Waals surface area contributed by atoms with Crippen LogP contribution in [0.25, 0.3) is 11.3 Å². The molecule has 0 aliphatic carbocycles. The Balaban J connectivity index is 1.80. The van der Waals surface area contributed by atoms with E-state index in [4.69, 9.17) is 19.5 Å². The van der Waals surface area contributed by atoms with Crippen molar-refractivity contribution in [2.75, 3.05) is 11.9 Å². The van der Waals surface area contributed by atoms with E-state index < -0.39 is 23.7 Å². The van der Waals surface area contributed by atoms with E-state index in [1.165, 1.54) is 0 Å². The number of carbonyl (C=O) groups is 2. The Hall–Kier alpha value is -4.78. The maximum atomic E-state index is 13.4. The Morgan fingerprint density at radius 2 is 1.39 bits per heavy atom. The predicted molar refractivity (Wildman–Crippen MR) is 162 cm³/mol. The maximum absolute atomic E-state index is 13.4. The molecule has 3 aromatic carbocycles. The number of carbonyl (C=O) groups excluding carboxylic acids is 2. The van der Waals surface area contributed by atoms with Gasteiger partial charge in [-0.15, -0.1) is 0 Å². The van der Waals surface area contributed by atoms with Crippen molar-refractivity contribution < 1.29 is 19.1 Å². The van der Waals surface area contributed by atoms with Crippen LogP contribution in [0.5, 0.6) is 0 Å². The second kappa shape index (κ2) is 13.5. The predicted octanol–water partition coefficient (Wildman–Crippen LogP) is 7.11. The van der Waals surface area contributed by atoms with Crippen molar-refractivity contribution in [3.05, 3.63) is 120 Å². The number of esters is 1. The Labute approximate surface area is 241 Å². The van der Waals surface area contributed by atoms with Crippen LogP contribution in [-0.2, 0) is 20.7 Å². The first kappa shape index (κ1) is 29.2. The van der Waals surface area contributed by atoms with E-state index in [0.717, 1.165) is 16.7 Å². The van der Waals surface area contributed by atoms with Gasteiger partial charge >= 0.3 is 12.1 Å². The number of amides is 1. The highest BCUT2D eigenvalue weighted by Crippen LogP contribution is 2.25. The molecule has 4 rings (SSSR count). The summed E-state index contributed by atoms with van der Waals surface area (Å²) in [7, 11) is 0. The number of hydrogen-bond donors (Lipinski definition) is 1. The molecule has 0 aliphatic rings. The molecule has 0 aliphatic heterocycles. The topological polar surface area (TPSA) is 89.9 Å². The van der Waals surface area contributed by atoms with E-state index in [1.807, 2.05) is 97.1 Å². The number of nitrogens with zero attached hydrogens (tertiary/aromatic N) is 2. The van der Waals surface area contributed by atoms with Crippen molar-refractivity contribution in [2.45, 2.75) is 45.8 Å². The number of aromatic nitrogens is 1. The van der Waals surface area contributed by atoms with Crippen molar-refractivity contribution >= 4 is 23.5 Å². The van der Waals surface area contributed by atoms with Crippen molar-refractivity contribution in [2.24, 2.45) is 4.99 Å². The molecule has 0 saturated carbocycles. The van der Waals surface area contributed by atoms with Crippen LogP contribution < -0.4 is 5.32 Å². The molecule has 7 heteroatoms. The second-order valence-electron chi connectivity index (χ2n) is 10.4. The summed E-state index contributed by atoms with van der Waals surface area (Å²) in [5.74, 6) is -0.480. The summed E-state index contributed by atoms with van der Waals surface area (Å²) in [4.78, 5) is 35.9. The molecule has 0 radical (unpaired) electrons. The van der Waals surface area contributed by atoms with E-state index in [1.54, 1.807) is 33.8 Å². The molecular formula is C34H35N3O4.